The fourth-order valence-electron chi connectivity index (χ4n) is 3.04. The van der Waals surface area contributed by atoms with Gasteiger partial charge in [-0.25, -0.2) is 4.98 Å². The Kier molecular flexibility index (Phi) is 4.30. The molecule has 0 saturated carbocycles. The van der Waals surface area contributed by atoms with Crippen LogP contribution in [0.15, 0.2) is 16.0 Å². The summed E-state index contributed by atoms with van der Waals surface area (Å²) in [6.45, 7) is 0. The summed E-state index contributed by atoms with van der Waals surface area (Å²) in [7, 11) is 1.27. The summed E-state index contributed by atoms with van der Waals surface area (Å²) in [4.78, 5) is 18.9. The van der Waals surface area contributed by atoms with Crippen LogP contribution in [0.25, 0.3) is 4.96 Å². The zero-order valence-corrected chi connectivity index (χ0v) is 15.3. The normalized spacial score (nSPS) is 14.8. The topological polar surface area (TPSA) is 65.1 Å². The van der Waals surface area contributed by atoms with E-state index in [4.69, 9.17) is 0 Å². The van der Waals surface area contributed by atoms with E-state index in [1.165, 1.54) is 29.3 Å². The number of hydrogen-bond donors (Lipinski definition) is 0. The lowest BCUT2D eigenvalue weighted by molar-refractivity contribution is -0.147. The average molecular weight is 401 g/mol. The van der Waals surface area contributed by atoms with E-state index >= 15 is 0 Å². The maximum atomic E-state index is 12.8. The van der Waals surface area contributed by atoms with Crippen LogP contribution in [0.4, 0.5) is 13.2 Å². The number of nitrogens with zero attached hydrogens (tertiary/aromatic N) is 5. The van der Waals surface area contributed by atoms with Crippen molar-refractivity contribution < 1.29 is 13.2 Å². The predicted molar refractivity (Wildman–Crippen MR) is 91.5 cm³/mol. The number of aromatic nitrogens is 5. The Bertz CT molecular complexity index is 1040. The van der Waals surface area contributed by atoms with E-state index in [-0.39, 0.29) is 16.5 Å². The monoisotopic (exact) mass is 401 g/mol. The van der Waals surface area contributed by atoms with Crippen LogP contribution in [-0.4, -0.2) is 24.1 Å². The number of halogens is 3. The van der Waals surface area contributed by atoms with E-state index in [0.29, 0.717) is 10.7 Å². The van der Waals surface area contributed by atoms with Gasteiger partial charge < -0.3 is 4.57 Å². The van der Waals surface area contributed by atoms with Crippen LogP contribution in [0.2, 0.25) is 0 Å². The molecule has 4 rings (SSSR count). The fraction of sp³-hybridized carbons (Fsp3) is 0.467. The van der Waals surface area contributed by atoms with Gasteiger partial charge in [-0.3, -0.25) is 9.20 Å². The van der Waals surface area contributed by atoms with E-state index in [9.17, 15) is 18.0 Å². The first-order valence-electron chi connectivity index (χ1n) is 7.97. The second-order valence-electron chi connectivity index (χ2n) is 6.03. The molecule has 3 aromatic rings. The number of thioether (sulfide) groups is 1. The molecule has 3 aromatic heterocycles. The minimum Gasteiger partial charge on any atom is -0.302 e. The molecule has 1 aliphatic carbocycles. The average Bonchev–Trinajstić information content (AvgIpc) is 3.13. The summed E-state index contributed by atoms with van der Waals surface area (Å²) in [5, 5.41) is 6.91. The van der Waals surface area contributed by atoms with E-state index in [0.717, 1.165) is 47.7 Å². The lowest BCUT2D eigenvalue weighted by atomic mass is 10.0. The quantitative estimate of drug-likeness (QED) is 0.631. The van der Waals surface area contributed by atoms with E-state index < -0.39 is 12.0 Å². The Morgan fingerprint density at radius 3 is 2.77 bits per heavy atom. The van der Waals surface area contributed by atoms with Crippen molar-refractivity contribution in [3.05, 3.63) is 38.5 Å². The van der Waals surface area contributed by atoms with Crippen LogP contribution in [0.1, 0.15) is 34.9 Å². The molecule has 3 heterocycles. The molecule has 0 N–H and O–H groups in total. The molecule has 0 bridgehead atoms. The molecule has 1 aliphatic rings. The maximum absolute atomic E-state index is 12.8. The molecule has 11 heteroatoms. The second-order valence-corrected chi connectivity index (χ2v) is 8.04. The van der Waals surface area contributed by atoms with Gasteiger partial charge in [0.1, 0.15) is 0 Å². The van der Waals surface area contributed by atoms with Gasteiger partial charge in [0, 0.05) is 29.4 Å². The Hall–Kier alpha value is -1.88. The third kappa shape index (κ3) is 3.02. The van der Waals surface area contributed by atoms with Crippen molar-refractivity contribution in [2.75, 3.05) is 0 Å². The molecule has 26 heavy (non-hydrogen) atoms. The van der Waals surface area contributed by atoms with Crippen LogP contribution in [0.5, 0.6) is 0 Å². The zero-order chi connectivity index (χ0) is 18.5. The van der Waals surface area contributed by atoms with Gasteiger partial charge in [0.05, 0.1) is 5.69 Å². The van der Waals surface area contributed by atoms with Crippen LogP contribution < -0.4 is 5.56 Å². The minimum atomic E-state index is -4.55. The van der Waals surface area contributed by atoms with Crippen molar-refractivity contribution in [2.24, 2.45) is 7.05 Å². The smallest absolute Gasteiger partial charge is 0.302 e. The SMILES string of the molecule is Cn1c(SCc2cc(=O)n3c4c(sc3n2)CCCC4)nnc1C(F)(F)F. The van der Waals surface area contributed by atoms with Crippen molar-refractivity contribution in [1.82, 2.24) is 24.1 Å². The maximum Gasteiger partial charge on any atom is 0.451 e. The Morgan fingerprint density at radius 1 is 1.27 bits per heavy atom. The first kappa shape index (κ1) is 17.5. The van der Waals surface area contributed by atoms with Gasteiger partial charge in [-0.1, -0.05) is 11.8 Å². The molecule has 6 nitrogen and oxygen atoms in total. The highest BCUT2D eigenvalue weighted by atomic mass is 32.2. The molecule has 0 fully saturated rings. The zero-order valence-electron chi connectivity index (χ0n) is 13.7. The van der Waals surface area contributed by atoms with Crippen molar-refractivity contribution in [1.29, 1.82) is 0 Å². The summed E-state index contributed by atoms with van der Waals surface area (Å²) < 4.78 is 40.9. The summed E-state index contributed by atoms with van der Waals surface area (Å²) in [5.74, 6) is -0.799. The first-order valence-corrected chi connectivity index (χ1v) is 9.77. The van der Waals surface area contributed by atoms with Gasteiger partial charge >= 0.3 is 6.18 Å². The third-order valence-electron chi connectivity index (χ3n) is 4.25. The molecular weight excluding hydrogens is 387 g/mol. The lowest BCUT2D eigenvalue weighted by Gasteiger charge is -2.10. The second kappa shape index (κ2) is 6.38. The molecule has 0 amide bonds. The van der Waals surface area contributed by atoms with E-state index in [2.05, 4.69) is 15.2 Å². The number of thiazole rings is 1. The van der Waals surface area contributed by atoms with Gasteiger partial charge in [-0.15, -0.1) is 21.5 Å². The van der Waals surface area contributed by atoms with Crippen molar-refractivity contribution in [3.8, 4) is 0 Å². The molecule has 0 aliphatic heterocycles. The number of fused-ring (bicyclic) bond motifs is 3. The number of hydrogen-bond acceptors (Lipinski definition) is 6. The largest absolute Gasteiger partial charge is 0.451 e. The Labute approximate surface area is 154 Å². The molecule has 0 atom stereocenters. The molecule has 0 aromatic carbocycles. The van der Waals surface area contributed by atoms with Crippen LogP contribution in [-0.2, 0) is 31.8 Å². The fourth-order valence-corrected chi connectivity index (χ4v) is 5.08. The van der Waals surface area contributed by atoms with E-state index in [1.807, 2.05) is 0 Å². The molecule has 138 valence electrons. The standard InChI is InChI=1S/C15H14F3N5OS2/c1-22-12(15(16,17)18)20-21-14(22)25-7-8-6-11(24)23-9-4-2-3-5-10(9)26-13(23)19-8/h6H,2-5,7H2,1H3. The molecule has 0 radical (unpaired) electrons. The van der Waals surface area contributed by atoms with Crippen LogP contribution >= 0.6 is 23.1 Å². The molecule has 0 spiro atoms. The lowest BCUT2D eigenvalue weighted by Crippen LogP contribution is -2.17. The van der Waals surface area contributed by atoms with E-state index in [1.54, 1.807) is 4.40 Å². The van der Waals surface area contributed by atoms with Crippen molar-refractivity contribution >= 4 is 28.1 Å². The molecular formula is C15H14F3N5OS2. The summed E-state index contributed by atoms with van der Waals surface area (Å²) >= 11 is 2.59. The molecule has 0 saturated heterocycles. The minimum absolute atomic E-state index is 0.129. The van der Waals surface area contributed by atoms with Crippen molar-refractivity contribution in [3.63, 3.8) is 0 Å². The van der Waals surface area contributed by atoms with Gasteiger partial charge in [0.2, 0.25) is 5.82 Å². The first-order chi connectivity index (χ1) is 12.3. The van der Waals surface area contributed by atoms with Crippen LogP contribution in [0.3, 0.4) is 0 Å². The number of alkyl halides is 3. The van der Waals surface area contributed by atoms with Gasteiger partial charge in [-0.05, 0) is 25.7 Å². The molecule has 0 unspecified atom stereocenters. The Morgan fingerprint density at radius 2 is 2.04 bits per heavy atom. The summed E-state index contributed by atoms with van der Waals surface area (Å²) in [5.41, 5.74) is 1.44. The van der Waals surface area contributed by atoms with Gasteiger partial charge in [-0.2, -0.15) is 13.2 Å². The number of aryl methyl sites for hydroxylation is 2. The highest BCUT2D eigenvalue weighted by Gasteiger charge is 2.37. The summed E-state index contributed by atoms with van der Waals surface area (Å²) in [6.07, 6.45) is -0.523. The summed E-state index contributed by atoms with van der Waals surface area (Å²) in [6, 6.07) is 1.45. The third-order valence-corrected chi connectivity index (χ3v) is 6.45. The predicted octanol–water partition coefficient (Wildman–Crippen LogP) is 3.07. The highest BCUT2D eigenvalue weighted by molar-refractivity contribution is 7.98. The highest BCUT2D eigenvalue weighted by Crippen LogP contribution is 2.31. The van der Waals surface area contributed by atoms with Crippen LogP contribution in [0, 0.1) is 0 Å². The Balaban J connectivity index is 1.61. The number of rotatable bonds is 3. The van der Waals surface area contributed by atoms with Gasteiger partial charge in [0.25, 0.3) is 5.56 Å². The van der Waals surface area contributed by atoms with Crippen molar-refractivity contribution in [2.45, 2.75) is 42.8 Å². The van der Waals surface area contributed by atoms with Gasteiger partial charge in [0.15, 0.2) is 10.1 Å².